The summed E-state index contributed by atoms with van der Waals surface area (Å²) in [5.74, 6) is 0. The Balaban J connectivity index is -0.0000000800. The molecule has 42 valence electrons. The first-order valence-corrected chi connectivity index (χ1v) is 4.07. The maximum absolute atomic E-state index is 8.94. The van der Waals surface area contributed by atoms with Crippen molar-refractivity contribution in [1.29, 1.82) is 0 Å². The van der Waals surface area contributed by atoms with Gasteiger partial charge in [0, 0.05) is 0 Å². The van der Waals surface area contributed by atoms with E-state index in [0.717, 1.165) is 0 Å². The van der Waals surface area contributed by atoms with E-state index >= 15 is 0 Å². The van der Waals surface area contributed by atoms with E-state index in [-0.39, 0.29) is 35.0 Å². The van der Waals surface area contributed by atoms with Gasteiger partial charge in [-0.05, 0) is 0 Å². The molecule has 0 aromatic rings. The van der Waals surface area contributed by atoms with Gasteiger partial charge in [0.2, 0.25) is 0 Å². The molecule has 0 heterocycles. The Morgan fingerprint density at radius 3 is 1.14 bits per heavy atom. The van der Waals surface area contributed by atoms with Crippen LogP contribution in [-0.4, -0.2) is 61.8 Å². The normalized spacial score (nSPS) is 8.43. The number of hydrogen-bond donors (Lipinski definition) is 3. The Morgan fingerprint density at radius 1 is 1.14 bits per heavy atom. The summed E-state index contributed by atoms with van der Waals surface area (Å²) in [4.78, 5) is 0. The predicted molar refractivity (Wildman–Crippen MR) is 23.9 cm³/mol. The molecule has 0 fully saturated rings. The molecule has 5 N–H and O–H groups in total. The van der Waals surface area contributed by atoms with Crippen LogP contribution in [-0.2, 0) is 3.74 Å². The van der Waals surface area contributed by atoms with E-state index < -0.39 is 14.5 Å². The molecule has 0 atom stereocenters. The van der Waals surface area contributed by atoms with Crippen LogP contribution in [0.15, 0.2) is 0 Å². The van der Waals surface area contributed by atoms with Crippen molar-refractivity contribution in [3.8, 4) is 0 Å². The van der Waals surface area contributed by atoms with Crippen LogP contribution in [0.5, 0.6) is 0 Å². The van der Waals surface area contributed by atoms with Crippen molar-refractivity contribution >= 4 is 44.1 Å². The van der Waals surface area contributed by atoms with Gasteiger partial charge in [-0.3, -0.25) is 0 Å². The molecule has 0 spiro atoms. The van der Waals surface area contributed by atoms with Crippen LogP contribution in [0, 0.1) is 0 Å². The molecule has 7 heteroatoms. The molecule has 7 heavy (non-hydrogen) atoms. The van der Waals surface area contributed by atoms with Gasteiger partial charge in [-0.15, -0.1) is 0 Å². The van der Waals surface area contributed by atoms with Gasteiger partial charge in [0.05, 0.1) is 0 Å². The second-order valence-electron chi connectivity index (χ2n) is 0.513. The van der Waals surface area contributed by atoms with Gasteiger partial charge in [-0.25, -0.2) is 0 Å². The summed E-state index contributed by atoms with van der Waals surface area (Å²) in [5.41, 5.74) is 0. The van der Waals surface area contributed by atoms with E-state index in [1.54, 1.807) is 0 Å². The molecule has 0 bridgehead atoms. The summed E-state index contributed by atoms with van der Waals surface area (Å²) < 4.78 is 30.7. The van der Waals surface area contributed by atoms with Crippen molar-refractivity contribution in [2.45, 2.75) is 0 Å². The SMILES string of the molecule is O.O=[As](O)(O)O.[NaH]. The van der Waals surface area contributed by atoms with Crippen molar-refractivity contribution in [3.05, 3.63) is 0 Å². The first kappa shape index (κ1) is 15.7. The Bertz CT molecular complexity index is 54.2. The first-order chi connectivity index (χ1) is 2.00. The summed E-state index contributed by atoms with van der Waals surface area (Å²) in [7, 11) is 0. The zero-order valence-electron chi connectivity index (χ0n) is 2.70. The average molecular weight is 184 g/mol. The van der Waals surface area contributed by atoms with E-state index in [1.165, 1.54) is 0 Å². The monoisotopic (exact) mass is 184 g/mol. The Hall–Kier alpha value is 1.20. The zero-order valence-corrected chi connectivity index (χ0v) is 4.57. The fraction of sp³-hybridized carbons (Fsp3) is 0. The third-order valence-corrected chi connectivity index (χ3v) is 0. The molecule has 0 rings (SSSR count). The second-order valence-corrected chi connectivity index (χ2v) is 2.67. The Morgan fingerprint density at radius 2 is 1.14 bits per heavy atom. The van der Waals surface area contributed by atoms with Gasteiger partial charge in [0.1, 0.15) is 0 Å². The molecule has 0 aromatic heterocycles. The van der Waals surface area contributed by atoms with Crippen molar-refractivity contribution in [2.24, 2.45) is 0 Å². The summed E-state index contributed by atoms with van der Waals surface area (Å²) in [5, 5.41) is 0. The van der Waals surface area contributed by atoms with Gasteiger partial charge in [0.15, 0.2) is 0 Å². The topological polar surface area (TPSA) is 109 Å². The summed E-state index contributed by atoms with van der Waals surface area (Å²) >= 11 is -5.12. The van der Waals surface area contributed by atoms with Gasteiger partial charge in [0.25, 0.3) is 0 Å². The quantitative estimate of drug-likeness (QED) is 0.337. The second kappa shape index (κ2) is 5.34. The molecular weight excluding hydrogens is 178 g/mol. The standard InChI is InChI=1S/AsH3O4.Na.H2O.H/c2-1(3,4)5;;;/h(H3,2,3,4,5);;1H2;. The fourth-order valence-corrected chi connectivity index (χ4v) is 0. The summed E-state index contributed by atoms with van der Waals surface area (Å²) in [6.07, 6.45) is 0. The van der Waals surface area contributed by atoms with Gasteiger partial charge < -0.3 is 5.48 Å². The van der Waals surface area contributed by atoms with Gasteiger partial charge in [-0.1, -0.05) is 0 Å². The molecular formula is H6AsNaO5. The molecule has 0 aliphatic heterocycles. The van der Waals surface area contributed by atoms with Gasteiger partial charge in [-0.2, -0.15) is 0 Å². The molecule has 0 saturated carbocycles. The average Bonchev–Trinajstić information content (AvgIpc) is 0.722. The first-order valence-electron chi connectivity index (χ1n) is 0.783. The van der Waals surface area contributed by atoms with E-state index in [0.29, 0.717) is 0 Å². The summed E-state index contributed by atoms with van der Waals surface area (Å²) in [6.45, 7) is 0. The van der Waals surface area contributed by atoms with Crippen LogP contribution >= 0.6 is 0 Å². The van der Waals surface area contributed by atoms with Gasteiger partial charge >= 0.3 is 60.1 Å². The minimum atomic E-state index is -5.12. The van der Waals surface area contributed by atoms with Crippen molar-refractivity contribution in [2.75, 3.05) is 0 Å². The van der Waals surface area contributed by atoms with E-state index in [4.69, 9.17) is 16.0 Å². The predicted octanol–water partition coefficient (Wildman–Crippen LogP) is -3.64. The molecule has 5 nitrogen and oxygen atoms in total. The molecule has 0 saturated heterocycles. The maximum atomic E-state index is 8.94. The van der Waals surface area contributed by atoms with Crippen molar-refractivity contribution in [3.63, 3.8) is 0 Å². The molecule has 0 radical (unpaired) electrons. The van der Waals surface area contributed by atoms with Crippen LogP contribution in [0.3, 0.4) is 0 Å². The van der Waals surface area contributed by atoms with E-state index in [9.17, 15) is 0 Å². The van der Waals surface area contributed by atoms with Crippen LogP contribution < -0.4 is 0 Å². The van der Waals surface area contributed by atoms with E-state index in [1.807, 2.05) is 0 Å². The molecule has 0 aliphatic rings. The van der Waals surface area contributed by atoms with Crippen LogP contribution in [0.1, 0.15) is 0 Å². The molecule has 0 aromatic carbocycles. The third-order valence-electron chi connectivity index (χ3n) is 0. The zero-order chi connectivity index (χ0) is 4.50. The molecule has 0 unspecified atom stereocenters. The van der Waals surface area contributed by atoms with Crippen LogP contribution in [0.2, 0.25) is 0 Å². The Kier molecular flexibility index (Phi) is 12.0. The fourth-order valence-electron chi connectivity index (χ4n) is 0. The third kappa shape index (κ3) is 135. The number of hydrogen-bond acceptors (Lipinski definition) is 1. The van der Waals surface area contributed by atoms with Crippen LogP contribution in [0.25, 0.3) is 0 Å². The number of rotatable bonds is 0. The summed E-state index contributed by atoms with van der Waals surface area (Å²) in [6, 6.07) is 0. The van der Waals surface area contributed by atoms with Crippen LogP contribution in [0.4, 0.5) is 0 Å². The van der Waals surface area contributed by atoms with E-state index in [2.05, 4.69) is 0 Å². The Labute approximate surface area is 65.3 Å². The van der Waals surface area contributed by atoms with Crippen molar-refractivity contribution in [1.82, 2.24) is 0 Å². The molecule has 0 aliphatic carbocycles. The van der Waals surface area contributed by atoms with Crippen molar-refractivity contribution < 1.29 is 21.5 Å². The molecule has 0 amide bonds. The minimum absolute atomic E-state index is 0.